The third kappa shape index (κ3) is 1660. The molecule has 19 heavy (non-hydrogen) atoms. The van der Waals surface area contributed by atoms with Crippen LogP contribution in [0.5, 0.6) is 0 Å². The van der Waals surface area contributed by atoms with Gasteiger partial charge in [-0.2, -0.15) is 0 Å². The van der Waals surface area contributed by atoms with Gasteiger partial charge in [0, 0.05) is 9.93 Å². The van der Waals surface area contributed by atoms with Crippen LogP contribution >= 0.6 is 0 Å². The normalized spacial score (nSPS) is 1.26. The van der Waals surface area contributed by atoms with Crippen molar-refractivity contribution in [2.75, 3.05) is 0 Å². The zero-order chi connectivity index (χ0) is 16.0. The first-order chi connectivity index (χ1) is 8.00. The first-order valence-electron chi connectivity index (χ1n) is 2.51. The van der Waals surface area contributed by atoms with Crippen LogP contribution < -0.4 is 51.4 Å². The van der Waals surface area contributed by atoms with Crippen LogP contribution in [0.4, 0.5) is 0 Å². The summed E-state index contributed by atoms with van der Waals surface area (Å²) in [5.74, 6) is 0. The van der Waals surface area contributed by atoms with E-state index in [1.54, 1.807) is 0 Å². The van der Waals surface area contributed by atoms with E-state index in [1.807, 2.05) is 0 Å². The molecule has 12 heteroatoms. The van der Waals surface area contributed by atoms with E-state index in [2.05, 4.69) is 0 Å². The topological polar surface area (TPSA) is 177 Å². The first kappa shape index (κ1) is 84.1. The molecule has 0 unspecified atom stereocenters. The fourth-order valence-corrected chi connectivity index (χ4v) is 0. The van der Waals surface area contributed by atoms with Crippen LogP contribution in [0.15, 0.2) is 0 Å². The van der Waals surface area contributed by atoms with Crippen LogP contribution in [0.2, 0.25) is 0 Å². The van der Waals surface area contributed by atoms with Gasteiger partial charge in [-0.25, -0.2) is 0 Å². The van der Waals surface area contributed by atoms with Crippen molar-refractivity contribution in [3.63, 3.8) is 0 Å². The van der Waals surface area contributed by atoms with E-state index in [0.29, 0.717) is 0 Å². The molecule has 0 aliphatic carbocycles. The van der Waals surface area contributed by atoms with Crippen molar-refractivity contribution < 1.29 is 69.9 Å². The average molecular weight is 378 g/mol. The molecular formula is C7H5FeK3N6O2. The van der Waals surface area contributed by atoms with Crippen LogP contribution in [0.25, 0.3) is 0 Å². The van der Waals surface area contributed by atoms with Gasteiger partial charge < -0.3 is 72.4 Å². The second kappa shape index (κ2) is 1850. The van der Waals surface area contributed by atoms with Crippen molar-refractivity contribution in [3.05, 3.63) is 49.4 Å². The predicted molar refractivity (Wildman–Crippen MR) is 55.9 cm³/mol. The quantitative estimate of drug-likeness (QED) is 0.332. The Balaban J connectivity index is -0.00000000356. The van der Waals surface area contributed by atoms with Crippen LogP contribution in [-0.2, 0) is 17.1 Å². The summed E-state index contributed by atoms with van der Waals surface area (Å²) in [5, 5.41) is 37.5. The molecule has 8 nitrogen and oxygen atoms in total. The van der Waals surface area contributed by atoms with Gasteiger partial charge in [0.25, 0.3) is 0 Å². The van der Waals surface area contributed by atoms with E-state index >= 15 is 0 Å². The van der Waals surface area contributed by atoms with Crippen LogP contribution in [0.3, 0.4) is 0 Å². The van der Waals surface area contributed by atoms with Crippen molar-refractivity contribution >= 4 is 63.2 Å². The molecule has 0 rings (SSSR count). The van der Waals surface area contributed by atoms with E-state index in [-0.39, 0.29) is 77.3 Å². The Morgan fingerprint density at radius 3 is 0.579 bits per heavy atom. The number of hydrogen-bond donors (Lipinski definition) is 0. The number of nitrogens with zero attached hydrogens (tertiary/aromatic N) is 6. The molecule has 0 spiro atoms. The molecule has 0 aromatic heterocycles. The fourth-order valence-electron chi connectivity index (χ4n) is 0. The molecule has 0 N–H and O–H groups in total. The molecule has 0 aliphatic rings. The second-order valence-corrected chi connectivity index (χ2v) is 0. The Hall–Kier alpha value is 1.97. The summed E-state index contributed by atoms with van der Waals surface area (Å²) in [5.41, 5.74) is 0. The summed E-state index contributed by atoms with van der Waals surface area (Å²) in [6, 6.07) is 0. The van der Waals surface area contributed by atoms with Gasteiger partial charge >= 0.3 is 132 Å². The molecule has 0 bridgehead atoms. The molecule has 0 amide bonds. The van der Waals surface area contributed by atoms with Crippen molar-refractivity contribution in [2.24, 2.45) is 0 Å². The van der Waals surface area contributed by atoms with Gasteiger partial charge in [-0.3, -0.25) is 0 Å². The van der Waals surface area contributed by atoms with Crippen LogP contribution in [-0.4, -0.2) is 63.2 Å². The average Bonchev–Trinajstić information content (AvgIpc) is 2.54. The van der Waals surface area contributed by atoms with Crippen LogP contribution in [0.1, 0.15) is 8.85 Å². The maximum absolute atomic E-state index is 7.00. The molecular weight excluding hydrogens is 373 g/mol. The van der Waals surface area contributed by atoms with E-state index in [0.717, 1.165) is 0 Å². The van der Waals surface area contributed by atoms with Crippen molar-refractivity contribution in [2.45, 2.75) is 7.43 Å². The van der Waals surface area contributed by atoms with Gasteiger partial charge in [0.2, 0.25) is 0 Å². The summed E-state index contributed by atoms with van der Waals surface area (Å²) in [6.07, 6.45) is 0. The van der Waals surface area contributed by atoms with E-state index in [1.165, 1.54) is 63.2 Å². The first-order valence-corrected chi connectivity index (χ1v) is 18.5. The summed E-state index contributed by atoms with van der Waals surface area (Å²) in [7, 11) is 0. The third-order valence-corrected chi connectivity index (χ3v) is 0. The fraction of sp³-hybridized carbons (Fsp3) is 0.143. The predicted octanol–water partition coefficient (Wildman–Crippen LogP) is -2.37. The van der Waals surface area contributed by atoms with Crippen molar-refractivity contribution in [1.29, 1.82) is 31.6 Å². The van der Waals surface area contributed by atoms with E-state index in [9.17, 15) is 0 Å². The minimum atomic E-state index is 0. The Morgan fingerprint density at radius 1 is 0.579 bits per heavy atom. The Labute approximate surface area is 214 Å². The Bertz CT molecular complexity index is 131. The van der Waals surface area contributed by atoms with Gasteiger partial charge in [0.1, 0.15) is 0 Å². The van der Waals surface area contributed by atoms with E-state index < -0.39 is 0 Å². The van der Waals surface area contributed by atoms with Gasteiger partial charge in [-0.15, -0.1) is 0 Å². The zero-order valence-corrected chi connectivity index (χ0v) is 20.3. The molecule has 86 valence electrons. The molecule has 0 aliphatic heterocycles. The Kier molecular flexibility index (Phi) is 8210. The van der Waals surface area contributed by atoms with Crippen LogP contribution in [0, 0.1) is 80.9 Å². The maximum atomic E-state index is 7.00. The van der Waals surface area contributed by atoms with Crippen molar-refractivity contribution in [3.8, 4) is 0 Å². The van der Waals surface area contributed by atoms with Gasteiger partial charge in [-0.1, -0.05) is 7.43 Å². The SMILES string of the molecule is C.O=O.[C-]#N.[C-]#N.[C-]#N.[C-]#N.[C-]#N.[C-]#N.[Fe+6].[H-].[K+].[K][K]. The third-order valence-electron chi connectivity index (χ3n) is 0. The standard InChI is InChI=1S/6CN.CH4.Fe.3K.O2.H/c6*1-2;;;;;;1-2;/h;;;;;;1H4;;;;;;/q6*-1;;+6;;;+1;;-1. The Morgan fingerprint density at radius 2 is 0.579 bits per heavy atom. The molecule has 0 aromatic carbocycles. The van der Waals surface area contributed by atoms with Crippen molar-refractivity contribution in [1.82, 2.24) is 0 Å². The van der Waals surface area contributed by atoms with Gasteiger partial charge in [-0.05, 0) is 0 Å². The summed E-state index contributed by atoms with van der Waals surface area (Å²) in [4.78, 5) is 14.0. The minimum absolute atomic E-state index is 0. The van der Waals surface area contributed by atoms with E-state index in [4.69, 9.17) is 80.9 Å². The molecule has 0 atom stereocenters. The second-order valence-electron chi connectivity index (χ2n) is 0. The summed E-state index contributed by atoms with van der Waals surface area (Å²) in [6.45, 7) is 28.5. The summed E-state index contributed by atoms with van der Waals surface area (Å²) < 4.78 is 0. The monoisotopic (exact) mass is 378 g/mol. The number of rotatable bonds is 0. The molecule has 0 saturated heterocycles. The number of hydrogen-bond acceptors (Lipinski definition) is 8. The molecule has 0 fully saturated rings. The van der Waals surface area contributed by atoms with Gasteiger partial charge in [0.05, 0.1) is 0 Å². The molecule has 0 saturated carbocycles. The molecule has 0 radical (unpaired) electrons. The molecule has 0 heterocycles. The van der Waals surface area contributed by atoms with Gasteiger partial charge in [0.15, 0.2) is 0 Å². The zero-order valence-electron chi connectivity index (χ0n) is 10.9. The summed E-state index contributed by atoms with van der Waals surface area (Å²) >= 11 is 2.50. The molecule has 0 aromatic rings.